The van der Waals surface area contributed by atoms with Crippen LogP contribution in [0.15, 0.2) is 29.4 Å². The average molecular weight is 308 g/mol. The van der Waals surface area contributed by atoms with Crippen LogP contribution >= 0.6 is 11.8 Å². The number of hydrogen-bond donors (Lipinski definition) is 0. The summed E-state index contributed by atoms with van der Waals surface area (Å²) in [5, 5.41) is 11.7. The summed E-state index contributed by atoms with van der Waals surface area (Å²) in [7, 11) is 2.64. The van der Waals surface area contributed by atoms with Crippen molar-refractivity contribution < 1.29 is 19.1 Å². The van der Waals surface area contributed by atoms with Gasteiger partial charge in [-0.25, -0.2) is 4.79 Å². The average Bonchev–Trinajstić information content (AvgIpc) is 3.00. The highest BCUT2D eigenvalue weighted by atomic mass is 32.2. The smallest absolute Gasteiger partial charge is 0.337 e. The fraction of sp³-hybridized carbons (Fsp3) is 0.250. The number of thioether (sulfide) groups is 1. The van der Waals surface area contributed by atoms with E-state index in [0.29, 0.717) is 16.4 Å². The zero-order valence-electron chi connectivity index (χ0n) is 11.3. The second-order valence-electron chi connectivity index (χ2n) is 3.78. The van der Waals surface area contributed by atoms with Gasteiger partial charge in [0.15, 0.2) is 0 Å². The second kappa shape index (κ2) is 6.84. The quantitative estimate of drug-likeness (QED) is 0.588. The molecule has 0 fully saturated rings. The molecule has 0 N–H and O–H groups in total. The van der Waals surface area contributed by atoms with Gasteiger partial charge < -0.3 is 9.47 Å². The summed E-state index contributed by atoms with van der Waals surface area (Å²) in [6.45, 7) is 0. The number of carbonyl (C=O) groups is 2. The normalized spacial score (nSPS) is 10.2. The minimum atomic E-state index is -0.418. The Kier molecular flexibility index (Phi) is 4.88. The molecule has 2 aromatic rings. The lowest BCUT2D eigenvalue weighted by Crippen LogP contribution is -2.06. The van der Waals surface area contributed by atoms with Crippen molar-refractivity contribution in [2.45, 2.75) is 5.16 Å². The lowest BCUT2D eigenvalue weighted by atomic mass is 10.2. The van der Waals surface area contributed by atoms with E-state index in [1.54, 1.807) is 24.3 Å². The van der Waals surface area contributed by atoms with E-state index >= 15 is 0 Å². The largest absolute Gasteiger partial charge is 0.468 e. The summed E-state index contributed by atoms with van der Waals surface area (Å²) in [5.74, 6) is -0.675. The Balaban J connectivity index is 2.17. The van der Waals surface area contributed by atoms with Crippen molar-refractivity contribution in [1.29, 1.82) is 0 Å². The first-order chi connectivity index (χ1) is 10.2. The van der Waals surface area contributed by atoms with Gasteiger partial charge in [0.2, 0.25) is 5.16 Å². The van der Waals surface area contributed by atoms with Gasteiger partial charge in [-0.2, -0.15) is 4.68 Å². The van der Waals surface area contributed by atoms with Crippen LogP contribution < -0.4 is 0 Å². The molecule has 1 aromatic heterocycles. The summed E-state index contributed by atoms with van der Waals surface area (Å²) in [6.07, 6.45) is 0. The van der Waals surface area contributed by atoms with Crippen molar-refractivity contribution >= 4 is 23.7 Å². The molecule has 21 heavy (non-hydrogen) atoms. The van der Waals surface area contributed by atoms with Crippen molar-refractivity contribution in [3.05, 3.63) is 29.8 Å². The highest BCUT2D eigenvalue weighted by Crippen LogP contribution is 2.18. The molecule has 110 valence electrons. The number of benzene rings is 1. The maximum Gasteiger partial charge on any atom is 0.337 e. The molecule has 0 amide bonds. The molecule has 0 unspecified atom stereocenters. The summed E-state index contributed by atoms with van der Waals surface area (Å²) < 4.78 is 10.7. The zero-order valence-corrected chi connectivity index (χ0v) is 12.2. The predicted octanol–water partition coefficient (Wildman–Crippen LogP) is 0.714. The predicted molar refractivity (Wildman–Crippen MR) is 73.2 cm³/mol. The molecule has 0 atom stereocenters. The van der Waals surface area contributed by atoms with Gasteiger partial charge in [0.1, 0.15) is 0 Å². The molecule has 0 saturated carbocycles. The van der Waals surface area contributed by atoms with Gasteiger partial charge in [-0.15, -0.1) is 5.10 Å². The van der Waals surface area contributed by atoms with Gasteiger partial charge in [-0.3, -0.25) is 4.79 Å². The maximum absolute atomic E-state index is 11.4. The molecule has 0 aliphatic carbocycles. The Labute approximate surface area is 124 Å². The summed E-state index contributed by atoms with van der Waals surface area (Å²) in [4.78, 5) is 22.5. The minimum Gasteiger partial charge on any atom is -0.468 e. The third-order valence-electron chi connectivity index (χ3n) is 2.52. The van der Waals surface area contributed by atoms with Crippen LogP contribution in [0.1, 0.15) is 10.4 Å². The molecule has 0 spiro atoms. The van der Waals surface area contributed by atoms with E-state index in [0.717, 1.165) is 11.8 Å². The number of esters is 2. The van der Waals surface area contributed by atoms with Gasteiger partial charge in [-0.1, -0.05) is 11.8 Å². The summed E-state index contributed by atoms with van der Waals surface area (Å²) in [6, 6.07) is 6.59. The van der Waals surface area contributed by atoms with Crippen molar-refractivity contribution in [3.8, 4) is 5.69 Å². The first-order valence-electron chi connectivity index (χ1n) is 5.82. The Morgan fingerprint density at radius 1 is 1.19 bits per heavy atom. The van der Waals surface area contributed by atoms with Gasteiger partial charge in [0, 0.05) is 0 Å². The summed E-state index contributed by atoms with van der Waals surface area (Å²) >= 11 is 1.16. The first kappa shape index (κ1) is 15.0. The van der Waals surface area contributed by atoms with Crippen molar-refractivity contribution in [3.63, 3.8) is 0 Å². The van der Waals surface area contributed by atoms with E-state index in [-0.39, 0.29) is 11.7 Å². The van der Waals surface area contributed by atoms with E-state index in [2.05, 4.69) is 25.0 Å². The molecule has 0 aliphatic rings. The van der Waals surface area contributed by atoms with Gasteiger partial charge in [0.25, 0.3) is 0 Å². The molecule has 9 heteroatoms. The maximum atomic E-state index is 11.4. The number of methoxy groups -OCH3 is 2. The molecule has 0 radical (unpaired) electrons. The highest BCUT2D eigenvalue weighted by molar-refractivity contribution is 7.99. The van der Waals surface area contributed by atoms with Crippen LogP contribution in [0, 0.1) is 0 Å². The first-order valence-corrected chi connectivity index (χ1v) is 6.81. The zero-order chi connectivity index (χ0) is 15.2. The molecule has 0 bridgehead atoms. The van der Waals surface area contributed by atoms with Crippen LogP contribution in [0.2, 0.25) is 0 Å². The minimum absolute atomic E-state index is 0.108. The lowest BCUT2D eigenvalue weighted by Gasteiger charge is -2.04. The van der Waals surface area contributed by atoms with Crippen LogP contribution in [-0.2, 0) is 14.3 Å². The molecule has 1 aromatic carbocycles. The van der Waals surface area contributed by atoms with Crippen LogP contribution in [0.4, 0.5) is 0 Å². The second-order valence-corrected chi connectivity index (χ2v) is 4.72. The number of rotatable bonds is 5. The molecule has 0 saturated heterocycles. The van der Waals surface area contributed by atoms with Gasteiger partial charge >= 0.3 is 11.9 Å². The SMILES string of the molecule is COC(=O)CSc1nnnn1-c1ccc(C(=O)OC)cc1. The van der Waals surface area contributed by atoms with E-state index in [4.69, 9.17) is 0 Å². The Morgan fingerprint density at radius 3 is 2.52 bits per heavy atom. The Hall–Kier alpha value is -2.42. The molecule has 2 rings (SSSR count). The van der Waals surface area contributed by atoms with Gasteiger partial charge in [0.05, 0.1) is 31.2 Å². The third-order valence-corrected chi connectivity index (χ3v) is 3.41. The number of ether oxygens (including phenoxy) is 2. The highest BCUT2D eigenvalue weighted by Gasteiger charge is 2.12. The van der Waals surface area contributed by atoms with Crippen molar-refractivity contribution in [1.82, 2.24) is 20.2 Å². The van der Waals surface area contributed by atoms with E-state index < -0.39 is 5.97 Å². The third kappa shape index (κ3) is 3.57. The Bertz CT molecular complexity index is 641. The van der Waals surface area contributed by atoms with Crippen molar-refractivity contribution in [2.75, 3.05) is 20.0 Å². The molecular formula is C12H12N4O4S. The topological polar surface area (TPSA) is 96.2 Å². The van der Waals surface area contributed by atoms with E-state index in [9.17, 15) is 9.59 Å². The fourth-order valence-corrected chi connectivity index (χ4v) is 2.19. The lowest BCUT2D eigenvalue weighted by molar-refractivity contribution is -0.137. The number of carbonyl (C=O) groups excluding carboxylic acids is 2. The summed E-state index contributed by atoms with van der Waals surface area (Å²) in [5.41, 5.74) is 1.10. The van der Waals surface area contributed by atoms with Crippen LogP contribution in [0.25, 0.3) is 5.69 Å². The standard InChI is InChI=1S/C12H12N4O4S/c1-19-10(17)7-21-12-13-14-15-16(12)9-5-3-8(4-6-9)11(18)20-2/h3-6H,7H2,1-2H3. The molecular weight excluding hydrogens is 296 g/mol. The van der Waals surface area contributed by atoms with Crippen molar-refractivity contribution in [2.24, 2.45) is 0 Å². The molecule has 1 heterocycles. The van der Waals surface area contributed by atoms with Gasteiger partial charge in [-0.05, 0) is 34.7 Å². The number of aromatic nitrogens is 4. The fourth-order valence-electron chi connectivity index (χ4n) is 1.47. The monoisotopic (exact) mass is 308 g/mol. The van der Waals surface area contributed by atoms with Crippen LogP contribution in [-0.4, -0.2) is 52.1 Å². The molecule has 0 aliphatic heterocycles. The molecule has 8 nitrogen and oxygen atoms in total. The number of nitrogens with zero attached hydrogens (tertiary/aromatic N) is 4. The van der Waals surface area contributed by atoms with E-state index in [1.807, 2.05) is 0 Å². The van der Waals surface area contributed by atoms with E-state index in [1.165, 1.54) is 18.9 Å². The van der Waals surface area contributed by atoms with Crippen LogP contribution in [0.5, 0.6) is 0 Å². The number of tetrazole rings is 1. The number of hydrogen-bond acceptors (Lipinski definition) is 8. The Morgan fingerprint density at radius 2 is 1.90 bits per heavy atom. The van der Waals surface area contributed by atoms with Crippen LogP contribution in [0.3, 0.4) is 0 Å².